The van der Waals surface area contributed by atoms with Crippen molar-refractivity contribution in [2.45, 2.75) is 58.7 Å². The predicted octanol–water partition coefficient (Wildman–Crippen LogP) is 5.10. The number of rotatable bonds is 7. The third kappa shape index (κ3) is 5.09. The molecule has 0 spiro atoms. The van der Waals surface area contributed by atoms with E-state index in [4.69, 9.17) is 0 Å². The van der Waals surface area contributed by atoms with E-state index in [-0.39, 0.29) is 17.3 Å². The number of aromatic nitrogens is 1. The Labute approximate surface area is 172 Å². The van der Waals surface area contributed by atoms with Crippen LogP contribution in [0.1, 0.15) is 50.3 Å². The van der Waals surface area contributed by atoms with Crippen LogP contribution in [0.2, 0.25) is 0 Å². The molecule has 0 saturated heterocycles. The molecule has 1 aliphatic rings. The van der Waals surface area contributed by atoms with E-state index >= 15 is 0 Å². The highest BCUT2D eigenvalue weighted by Gasteiger charge is 2.33. The largest absolute Gasteiger partial charge is 0.573 e. The van der Waals surface area contributed by atoms with Gasteiger partial charge in [0.2, 0.25) is 0 Å². The number of fused-ring (bicyclic) bond motifs is 1. The number of carbonyl (C=O) groups excluding carboxylic acids is 2. The van der Waals surface area contributed by atoms with Crippen LogP contribution in [0, 0.1) is 12.8 Å². The number of alkyl halides is 3. The third-order valence-electron chi connectivity index (χ3n) is 5.33. The highest BCUT2D eigenvalue weighted by atomic mass is 19.4. The van der Waals surface area contributed by atoms with Crippen LogP contribution in [0.3, 0.4) is 0 Å². The number of H-pyrrole nitrogens is 1. The van der Waals surface area contributed by atoms with Crippen molar-refractivity contribution in [1.82, 2.24) is 4.98 Å². The van der Waals surface area contributed by atoms with Crippen molar-refractivity contribution in [2.24, 2.45) is 10.9 Å². The molecule has 5 nitrogen and oxygen atoms in total. The first-order chi connectivity index (χ1) is 14.2. The molecule has 1 fully saturated rings. The molecule has 8 heteroatoms. The van der Waals surface area contributed by atoms with Gasteiger partial charge in [-0.3, -0.25) is 14.6 Å². The zero-order valence-corrected chi connectivity index (χ0v) is 17.1. The second kappa shape index (κ2) is 9.02. The van der Waals surface area contributed by atoms with Gasteiger partial charge in [0.15, 0.2) is 0 Å². The number of aromatic amines is 1. The van der Waals surface area contributed by atoms with E-state index in [1.54, 1.807) is 6.07 Å². The molecule has 1 atom stereocenters. The first-order valence-corrected chi connectivity index (χ1v) is 10.1. The van der Waals surface area contributed by atoms with Gasteiger partial charge >= 0.3 is 6.36 Å². The molecule has 0 amide bonds. The Morgan fingerprint density at radius 1 is 1.30 bits per heavy atom. The van der Waals surface area contributed by atoms with Gasteiger partial charge in [-0.25, -0.2) is 0 Å². The number of aliphatic imine (C=N–C) groups is 1. The predicted molar refractivity (Wildman–Crippen MR) is 108 cm³/mol. The summed E-state index contributed by atoms with van der Waals surface area (Å²) in [5.74, 6) is -1.13. The van der Waals surface area contributed by atoms with Crippen LogP contribution in [0.5, 0.6) is 5.75 Å². The van der Waals surface area contributed by atoms with Gasteiger partial charge < -0.3 is 9.72 Å². The van der Waals surface area contributed by atoms with Crippen molar-refractivity contribution in [3.63, 3.8) is 0 Å². The summed E-state index contributed by atoms with van der Waals surface area (Å²) in [6.07, 6.45) is -1.50. The molecule has 30 heavy (non-hydrogen) atoms. The van der Waals surface area contributed by atoms with Gasteiger partial charge in [0.1, 0.15) is 23.2 Å². The number of nitrogens with one attached hydrogen (secondary N) is 1. The summed E-state index contributed by atoms with van der Waals surface area (Å²) in [6.45, 7) is 4.11. The van der Waals surface area contributed by atoms with Crippen molar-refractivity contribution in [1.29, 1.82) is 0 Å². The van der Waals surface area contributed by atoms with Gasteiger partial charge in [-0.2, -0.15) is 0 Å². The molecule has 1 N–H and O–H groups in total. The molecule has 1 aromatic heterocycles. The lowest BCUT2D eigenvalue weighted by molar-refractivity contribution is -0.274. The Bertz CT molecular complexity index is 976. The number of halogens is 3. The van der Waals surface area contributed by atoms with Crippen LogP contribution in [-0.2, 0) is 16.0 Å². The molecule has 0 aliphatic heterocycles. The zero-order chi connectivity index (χ0) is 21.9. The van der Waals surface area contributed by atoms with Crippen LogP contribution in [0.15, 0.2) is 23.2 Å². The Morgan fingerprint density at radius 3 is 2.77 bits per heavy atom. The quantitative estimate of drug-likeness (QED) is 0.632. The molecule has 0 radical (unpaired) electrons. The number of hydrogen-bond donors (Lipinski definition) is 1. The van der Waals surface area contributed by atoms with Gasteiger partial charge in [-0.1, -0.05) is 6.92 Å². The fourth-order valence-corrected chi connectivity index (χ4v) is 4.04. The van der Waals surface area contributed by atoms with Crippen LogP contribution >= 0.6 is 0 Å². The first-order valence-electron chi connectivity index (χ1n) is 10.1. The minimum Gasteiger partial charge on any atom is -0.406 e. The van der Waals surface area contributed by atoms with Gasteiger partial charge in [-0.05, 0) is 56.4 Å². The Morgan fingerprint density at radius 2 is 2.07 bits per heavy atom. The maximum Gasteiger partial charge on any atom is 0.573 e. The van der Waals surface area contributed by atoms with Crippen molar-refractivity contribution in [3.05, 3.63) is 29.5 Å². The molecule has 2 aromatic rings. The van der Waals surface area contributed by atoms with E-state index in [0.29, 0.717) is 61.7 Å². The van der Waals surface area contributed by atoms with Crippen LogP contribution in [-0.4, -0.2) is 35.2 Å². The molecule has 1 heterocycles. The summed E-state index contributed by atoms with van der Waals surface area (Å²) in [5, 5.41) is 0.646. The van der Waals surface area contributed by atoms with Crippen LogP contribution in [0.4, 0.5) is 13.2 Å². The van der Waals surface area contributed by atoms with Crippen LogP contribution < -0.4 is 4.74 Å². The topological polar surface area (TPSA) is 71.5 Å². The lowest BCUT2D eigenvalue weighted by atomic mass is 9.82. The van der Waals surface area contributed by atoms with Crippen molar-refractivity contribution in [2.75, 3.05) is 6.54 Å². The summed E-state index contributed by atoms with van der Waals surface area (Å²) in [5.41, 5.74) is 3.05. The monoisotopic (exact) mass is 422 g/mol. The average Bonchev–Trinajstić information content (AvgIpc) is 2.95. The number of ether oxygens (including phenoxy) is 1. The zero-order valence-electron chi connectivity index (χ0n) is 17.1. The Balaban J connectivity index is 1.80. The second-order valence-electron chi connectivity index (χ2n) is 7.58. The number of nitrogens with zero attached hydrogens (tertiary/aromatic N) is 1. The molecule has 3 rings (SSSR count). The number of aryl methyl sites for hydroxylation is 1. The molecule has 1 aliphatic carbocycles. The first kappa shape index (κ1) is 22.1. The Kier molecular flexibility index (Phi) is 6.63. The Hall–Kier alpha value is -2.64. The lowest BCUT2D eigenvalue weighted by Crippen LogP contribution is -2.35. The van der Waals surface area contributed by atoms with Crippen LogP contribution in [0.25, 0.3) is 10.9 Å². The molecule has 1 aromatic carbocycles. The van der Waals surface area contributed by atoms with E-state index in [2.05, 4.69) is 14.7 Å². The highest BCUT2D eigenvalue weighted by Crippen LogP contribution is 2.30. The van der Waals surface area contributed by atoms with Crippen molar-refractivity contribution >= 4 is 28.2 Å². The molecular weight excluding hydrogens is 397 g/mol. The fraction of sp³-hybridized carbons (Fsp3) is 0.500. The normalized spacial score (nSPS) is 18.9. The highest BCUT2D eigenvalue weighted by molar-refractivity contribution is 6.22. The fourth-order valence-electron chi connectivity index (χ4n) is 4.04. The van der Waals surface area contributed by atoms with Crippen molar-refractivity contribution in [3.8, 4) is 5.75 Å². The average molecular weight is 422 g/mol. The van der Waals surface area contributed by atoms with Gasteiger partial charge in [0, 0.05) is 41.7 Å². The van der Waals surface area contributed by atoms with E-state index in [0.717, 1.165) is 11.3 Å². The molecule has 0 bridgehead atoms. The summed E-state index contributed by atoms with van der Waals surface area (Å²) in [4.78, 5) is 32.4. The third-order valence-corrected chi connectivity index (χ3v) is 5.33. The SMILES string of the molecule is CCCC(=O)[C@@H]1C(=O)CCCC1=NCCc1c(C)[nH]c2ccc(OC(F)(F)F)cc12. The number of hydrogen-bond acceptors (Lipinski definition) is 4. The van der Waals surface area contributed by atoms with Gasteiger partial charge in [-0.15, -0.1) is 13.2 Å². The van der Waals surface area contributed by atoms with E-state index < -0.39 is 12.3 Å². The lowest BCUT2D eigenvalue weighted by Gasteiger charge is -2.22. The van der Waals surface area contributed by atoms with Gasteiger partial charge in [0.25, 0.3) is 0 Å². The van der Waals surface area contributed by atoms with E-state index in [9.17, 15) is 22.8 Å². The number of ketones is 2. The molecule has 1 saturated carbocycles. The maximum atomic E-state index is 12.5. The summed E-state index contributed by atoms with van der Waals surface area (Å²) in [6, 6.07) is 4.19. The minimum atomic E-state index is -4.75. The van der Waals surface area contributed by atoms with Gasteiger partial charge in [0.05, 0.1) is 0 Å². The summed E-state index contributed by atoms with van der Waals surface area (Å²) in [7, 11) is 0. The summed E-state index contributed by atoms with van der Waals surface area (Å²) >= 11 is 0. The molecule has 162 valence electrons. The number of Topliss-reactive ketones (excluding diaryl/α,β-unsaturated/α-hetero) is 2. The second-order valence-corrected chi connectivity index (χ2v) is 7.58. The maximum absolute atomic E-state index is 12.5. The minimum absolute atomic E-state index is 0.0596. The standard InChI is InChI=1S/C22H25F3N2O3/c1-3-5-19(28)21-18(6-4-7-20(21)29)26-11-10-15-13(2)27-17-9-8-14(12-16(15)17)30-22(23,24)25/h8-9,12,21,27H,3-7,10-11H2,1-2H3/t21-/m1/s1. The van der Waals surface area contributed by atoms with Crippen molar-refractivity contribution < 1.29 is 27.5 Å². The number of carbonyl (C=O) groups is 2. The molecule has 0 unspecified atom stereocenters. The van der Waals surface area contributed by atoms with E-state index in [1.165, 1.54) is 12.1 Å². The smallest absolute Gasteiger partial charge is 0.406 e. The molecular formula is C22H25F3N2O3. The summed E-state index contributed by atoms with van der Waals surface area (Å²) < 4.78 is 41.7. The number of benzene rings is 1. The van der Waals surface area contributed by atoms with E-state index in [1.807, 2.05) is 13.8 Å².